The SMILES string of the molecule is CCN(CCC#N)C(CN)c1cccc(Br)c1. The van der Waals surface area contributed by atoms with Crippen LogP contribution in [0.2, 0.25) is 0 Å². The molecular weight excluding hydrogens is 278 g/mol. The molecule has 3 nitrogen and oxygen atoms in total. The minimum absolute atomic E-state index is 0.186. The largest absolute Gasteiger partial charge is 0.329 e. The lowest BCUT2D eigenvalue weighted by atomic mass is 10.1. The second-order valence-electron chi connectivity index (χ2n) is 3.84. The zero-order valence-corrected chi connectivity index (χ0v) is 11.7. The van der Waals surface area contributed by atoms with Crippen molar-refractivity contribution < 1.29 is 0 Å². The van der Waals surface area contributed by atoms with E-state index in [1.165, 1.54) is 5.56 Å². The number of nitrogens with two attached hydrogens (primary N) is 1. The molecule has 1 rings (SSSR count). The van der Waals surface area contributed by atoms with E-state index in [0.717, 1.165) is 17.6 Å². The van der Waals surface area contributed by atoms with Crippen molar-refractivity contribution >= 4 is 15.9 Å². The van der Waals surface area contributed by atoms with Gasteiger partial charge in [0.05, 0.1) is 6.07 Å². The van der Waals surface area contributed by atoms with Crippen LogP contribution in [-0.2, 0) is 0 Å². The highest BCUT2D eigenvalue weighted by molar-refractivity contribution is 9.10. The van der Waals surface area contributed by atoms with Gasteiger partial charge in [0, 0.05) is 30.0 Å². The van der Waals surface area contributed by atoms with Gasteiger partial charge in [-0.1, -0.05) is 35.0 Å². The summed E-state index contributed by atoms with van der Waals surface area (Å²) in [4.78, 5) is 2.24. The van der Waals surface area contributed by atoms with Gasteiger partial charge in [0.15, 0.2) is 0 Å². The summed E-state index contributed by atoms with van der Waals surface area (Å²) >= 11 is 3.47. The van der Waals surface area contributed by atoms with Crippen LogP contribution in [0.5, 0.6) is 0 Å². The second kappa shape index (κ2) is 7.44. The minimum Gasteiger partial charge on any atom is -0.329 e. The van der Waals surface area contributed by atoms with Gasteiger partial charge in [-0.2, -0.15) is 5.26 Å². The number of nitriles is 1. The van der Waals surface area contributed by atoms with E-state index in [9.17, 15) is 0 Å². The van der Waals surface area contributed by atoms with Crippen molar-refractivity contribution in [1.29, 1.82) is 5.26 Å². The molecule has 0 saturated carbocycles. The number of nitrogens with zero attached hydrogens (tertiary/aromatic N) is 2. The van der Waals surface area contributed by atoms with Gasteiger partial charge < -0.3 is 5.73 Å². The highest BCUT2D eigenvalue weighted by atomic mass is 79.9. The Morgan fingerprint density at radius 2 is 2.29 bits per heavy atom. The summed E-state index contributed by atoms with van der Waals surface area (Å²) in [5.41, 5.74) is 7.06. The van der Waals surface area contributed by atoms with Crippen molar-refractivity contribution in [3.05, 3.63) is 34.3 Å². The average molecular weight is 296 g/mol. The van der Waals surface area contributed by atoms with E-state index < -0.39 is 0 Å². The lowest BCUT2D eigenvalue weighted by molar-refractivity contribution is 0.217. The van der Waals surface area contributed by atoms with E-state index in [1.807, 2.05) is 12.1 Å². The third-order valence-corrected chi connectivity index (χ3v) is 3.31. The maximum atomic E-state index is 8.66. The van der Waals surface area contributed by atoms with Crippen LogP contribution in [0.15, 0.2) is 28.7 Å². The summed E-state index contributed by atoms with van der Waals surface area (Å²) in [5.74, 6) is 0. The van der Waals surface area contributed by atoms with E-state index >= 15 is 0 Å². The van der Waals surface area contributed by atoms with Crippen LogP contribution in [0.3, 0.4) is 0 Å². The molecule has 0 radical (unpaired) electrons. The Labute approximate surface area is 111 Å². The third-order valence-electron chi connectivity index (χ3n) is 2.81. The monoisotopic (exact) mass is 295 g/mol. The molecule has 92 valence electrons. The van der Waals surface area contributed by atoms with Gasteiger partial charge in [-0.15, -0.1) is 0 Å². The molecule has 0 bridgehead atoms. The maximum absolute atomic E-state index is 8.66. The first kappa shape index (κ1) is 14.2. The van der Waals surface area contributed by atoms with Crippen molar-refractivity contribution in [2.45, 2.75) is 19.4 Å². The van der Waals surface area contributed by atoms with E-state index in [4.69, 9.17) is 11.0 Å². The Hall–Kier alpha value is -0.890. The standard InChI is InChI=1S/C13H18BrN3/c1-2-17(8-4-7-15)13(10-16)11-5-3-6-12(14)9-11/h3,5-6,9,13H,2,4,8,10,16H2,1H3. The predicted octanol–water partition coefficient (Wildman–Crippen LogP) is 2.68. The lowest BCUT2D eigenvalue weighted by Crippen LogP contribution is -2.34. The fraction of sp³-hybridized carbons (Fsp3) is 0.462. The van der Waals surface area contributed by atoms with Crippen LogP contribution in [0.4, 0.5) is 0 Å². The quantitative estimate of drug-likeness (QED) is 0.878. The number of hydrogen-bond donors (Lipinski definition) is 1. The molecule has 1 aromatic rings. The van der Waals surface area contributed by atoms with Crippen molar-refractivity contribution in [1.82, 2.24) is 4.90 Å². The van der Waals surface area contributed by atoms with Crippen molar-refractivity contribution in [3.63, 3.8) is 0 Å². The molecule has 1 aromatic carbocycles. The maximum Gasteiger partial charge on any atom is 0.0635 e. The fourth-order valence-corrected chi connectivity index (χ4v) is 2.35. The first-order chi connectivity index (χ1) is 8.22. The Kier molecular flexibility index (Phi) is 6.20. The van der Waals surface area contributed by atoms with Crippen LogP contribution in [-0.4, -0.2) is 24.5 Å². The molecule has 0 saturated heterocycles. The van der Waals surface area contributed by atoms with E-state index in [0.29, 0.717) is 13.0 Å². The zero-order valence-electron chi connectivity index (χ0n) is 10.1. The molecule has 0 aromatic heterocycles. The molecule has 0 fully saturated rings. The number of rotatable bonds is 6. The highest BCUT2D eigenvalue weighted by Gasteiger charge is 2.17. The van der Waals surface area contributed by atoms with Crippen LogP contribution in [0, 0.1) is 11.3 Å². The van der Waals surface area contributed by atoms with Crippen LogP contribution >= 0.6 is 15.9 Å². The molecule has 1 unspecified atom stereocenters. The van der Waals surface area contributed by atoms with Gasteiger partial charge in [0.2, 0.25) is 0 Å². The first-order valence-electron chi connectivity index (χ1n) is 5.79. The average Bonchev–Trinajstić information content (AvgIpc) is 2.34. The van der Waals surface area contributed by atoms with Crippen molar-refractivity contribution in [2.24, 2.45) is 5.73 Å². The first-order valence-corrected chi connectivity index (χ1v) is 6.58. The number of benzene rings is 1. The van der Waals surface area contributed by atoms with Gasteiger partial charge in [-0.05, 0) is 24.2 Å². The van der Waals surface area contributed by atoms with Gasteiger partial charge in [0.25, 0.3) is 0 Å². The smallest absolute Gasteiger partial charge is 0.0635 e. The van der Waals surface area contributed by atoms with Gasteiger partial charge in [-0.25, -0.2) is 0 Å². The summed E-state index contributed by atoms with van der Waals surface area (Å²) in [7, 11) is 0. The van der Waals surface area contributed by atoms with Crippen molar-refractivity contribution in [3.8, 4) is 6.07 Å². The molecule has 1 atom stereocenters. The van der Waals surface area contributed by atoms with E-state index in [1.54, 1.807) is 0 Å². The normalized spacial score (nSPS) is 12.4. The Morgan fingerprint density at radius 3 is 2.82 bits per heavy atom. The van der Waals surface area contributed by atoms with E-state index in [2.05, 4.69) is 46.0 Å². The summed E-state index contributed by atoms with van der Waals surface area (Å²) in [6, 6.07) is 10.6. The number of likely N-dealkylation sites (N-methyl/N-ethyl adjacent to an activating group) is 1. The van der Waals surface area contributed by atoms with Gasteiger partial charge in [-0.3, -0.25) is 4.90 Å². The molecule has 0 amide bonds. The van der Waals surface area contributed by atoms with Crippen LogP contribution < -0.4 is 5.73 Å². The molecule has 0 spiro atoms. The van der Waals surface area contributed by atoms with Gasteiger partial charge in [0.1, 0.15) is 0 Å². The lowest BCUT2D eigenvalue weighted by Gasteiger charge is -2.29. The molecule has 17 heavy (non-hydrogen) atoms. The Morgan fingerprint density at radius 1 is 1.53 bits per heavy atom. The fourth-order valence-electron chi connectivity index (χ4n) is 1.94. The van der Waals surface area contributed by atoms with Crippen LogP contribution in [0.1, 0.15) is 24.9 Å². The minimum atomic E-state index is 0.186. The van der Waals surface area contributed by atoms with Gasteiger partial charge >= 0.3 is 0 Å². The second-order valence-corrected chi connectivity index (χ2v) is 4.76. The molecule has 2 N–H and O–H groups in total. The zero-order chi connectivity index (χ0) is 12.7. The number of halogens is 1. The third kappa shape index (κ3) is 4.12. The van der Waals surface area contributed by atoms with E-state index in [-0.39, 0.29) is 6.04 Å². The topological polar surface area (TPSA) is 53.0 Å². The molecule has 4 heteroatoms. The summed E-state index contributed by atoms with van der Waals surface area (Å²) < 4.78 is 1.06. The van der Waals surface area contributed by atoms with Crippen molar-refractivity contribution in [2.75, 3.05) is 19.6 Å². The Bertz CT molecular complexity index is 386. The summed E-state index contributed by atoms with van der Waals surface area (Å²) in [6.07, 6.45) is 0.540. The molecule has 0 heterocycles. The molecule has 0 aliphatic carbocycles. The highest BCUT2D eigenvalue weighted by Crippen LogP contribution is 2.22. The summed E-state index contributed by atoms with van der Waals surface area (Å²) in [6.45, 7) is 4.32. The van der Waals surface area contributed by atoms with Crippen LogP contribution in [0.25, 0.3) is 0 Å². The Balaban J connectivity index is 2.85. The summed E-state index contributed by atoms with van der Waals surface area (Å²) in [5, 5.41) is 8.66. The predicted molar refractivity (Wildman–Crippen MR) is 73.4 cm³/mol. The molecule has 0 aliphatic rings. The molecule has 0 aliphatic heterocycles. The number of hydrogen-bond acceptors (Lipinski definition) is 3. The molecular formula is C13H18BrN3.